The van der Waals surface area contributed by atoms with Crippen molar-refractivity contribution in [3.63, 3.8) is 0 Å². The van der Waals surface area contributed by atoms with Crippen LogP contribution in [0.15, 0.2) is 36.4 Å². The number of anilines is 1. The Labute approximate surface area is 182 Å². The van der Waals surface area contributed by atoms with E-state index in [0.717, 1.165) is 0 Å². The van der Waals surface area contributed by atoms with Gasteiger partial charge in [0.1, 0.15) is 31.2 Å². The van der Waals surface area contributed by atoms with Crippen LogP contribution < -0.4 is 20.5 Å². The van der Waals surface area contributed by atoms with Crippen molar-refractivity contribution in [1.82, 2.24) is 5.06 Å². The average Bonchev–Trinajstić information content (AvgIpc) is 3.09. The van der Waals surface area contributed by atoms with Crippen molar-refractivity contribution in [3.8, 4) is 17.2 Å². The normalized spacial score (nSPS) is 17.5. The van der Waals surface area contributed by atoms with Gasteiger partial charge in [-0.25, -0.2) is 4.79 Å². The molecule has 1 heterocycles. The molecule has 0 saturated carbocycles. The second kappa shape index (κ2) is 10.1. The zero-order valence-corrected chi connectivity index (χ0v) is 17.3. The summed E-state index contributed by atoms with van der Waals surface area (Å²) in [6.07, 6.45) is -1.15. The van der Waals surface area contributed by atoms with Crippen LogP contribution in [0.1, 0.15) is 0 Å². The van der Waals surface area contributed by atoms with Crippen molar-refractivity contribution in [2.24, 2.45) is 5.73 Å². The summed E-state index contributed by atoms with van der Waals surface area (Å²) in [5.74, 6) is 0.322. The summed E-state index contributed by atoms with van der Waals surface area (Å²) in [5.41, 5.74) is 5.20. The largest absolute Gasteiger partial charge is 0.504 e. The second-order valence-corrected chi connectivity index (χ2v) is 7.47. The smallest absolute Gasteiger partial charge is 0.316 e. The van der Waals surface area contributed by atoms with E-state index in [1.165, 1.54) is 12.1 Å². The summed E-state index contributed by atoms with van der Waals surface area (Å²) in [4.78, 5) is 16.7. The summed E-state index contributed by atoms with van der Waals surface area (Å²) >= 11 is 11.7. The van der Waals surface area contributed by atoms with Gasteiger partial charge in [-0.2, -0.15) is 5.06 Å². The van der Waals surface area contributed by atoms with Gasteiger partial charge in [0.05, 0.1) is 18.8 Å². The molecule has 2 amide bonds. The molecule has 1 aliphatic rings. The number of amides is 2. The third kappa shape index (κ3) is 6.28. The van der Waals surface area contributed by atoms with Crippen molar-refractivity contribution < 1.29 is 29.3 Å². The quantitative estimate of drug-likeness (QED) is 0.479. The molecule has 0 unspecified atom stereocenters. The SMILES string of the molecule is NC(=O)Nc1cc(Cl)cc(O)c1OC[C@@H](O)CN1C[C@@H](Oc2ccc(Cl)cc2)CO1. The van der Waals surface area contributed by atoms with Gasteiger partial charge in [0.15, 0.2) is 11.5 Å². The molecule has 11 heteroatoms. The summed E-state index contributed by atoms with van der Waals surface area (Å²) in [6.45, 7) is 0.750. The van der Waals surface area contributed by atoms with Crippen LogP contribution in [-0.2, 0) is 4.84 Å². The van der Waals surface area contributed by atoms with Gasteiger partial charge >= 0.3 is 6.03 Å². The molecule has 2 aromatic rings. The fourth-order valence-electron chi connectivity index (χ4n) is 2.85. The first-order chi connectivity index (χ1) is 14.3. The number of hydroxylamine groups is 2. The molecular weight excluding hydrogens is 437 g/mol. The van der Waals surface area contributed by atoms with Crippen LogP contribution in [0.4, 0.5) is 10.5 Å². The number of primary amides is 1. The molecule has 2 aromatic carbocycles. The van der Waals surface area contributed by atoms with Crippen LogP contribution in [-0.4, -0.2) is 59.8 Å². The Hall–Kier alpha value is -2.43. The highest BCUT2D eigenvalue weighted by Crippen LogP contribution is 2.37. The van der Waals surface area contributed by atoms with Crippen molar-refractivity contribution >= 4 is 34.9 Å². The number of carbonyl (C=O) groups is 1. The van der Waals surface area contributed by atoms with Gasteiger partial charge in [0, 0.05) is 16.1 Å². The monoisotopic (exact) mass is 457 g/mol. The molecule has 1 saturated heterocycles. The number of hydrogen-bond acceptors (Lipinski definition) is 7. The lowest BCUT2D eigenvalue weighted by atomic mass is 10.2. The van der Waals surface area contributed by atoms with Gasteiger partial charge in [-0.3, -0.25) is 4.84 Å². The first kappa shape index (κ1) is 22.3. The van der Waals surface area contributed by atoms with E-state index >= 15 is 0 Å². The number of hydrogen-bond donors (Lipinski definition) is 4. The first-order valence-electron chi connectivity index (χ1n) is 9.00. The molecule has 9 nitrogen and oxygen atoms in total. The van der Waals surface area contributed by atoms with Gasteiger partial charge < -0.3 is 30.7 Å². The predicted octanol–water partition coefficient (Wildman–Crippen LogP) is 2.62. The van der Waals surface area contributed by atoms with Crippen LogP contribution >= 0.6 is 23.2 Å². The molecule has 0 bridgehead atoms. The van der Waals surface area contributed by atoms with Crippen molar-refractivity contribution in [3.05, 3.63) is 46.4 Å². The van der Waals surface area contributed by atoms with Crippen LogP contribution in [0.2, 0.25) is 10.0 Å². The van der Waals surface area contributed by atoms with E-state index in [1.54, 1.807) is 29.3 Å². The molecule has 2 atom stereocenters. The lowest BCUT2D eigenvalue weighted by Gasteiger charge is -2.20. The molecule has 0 spiro atoms. The number of halogens is 2. The predicted molar refractivity (Wildman–Crippen MR) is 111 cm³/mol. The van der Waals surface area contributed by atoms with Crippen molar-refractivity contribution in [1.29, 1.82) is 0 Å². The van der Waals surface area contributed by atoms with Crippen LogP contribution in [0.3, 0.4) is 0 Å². The van der Waals surface area contributed by atoms with Gasteiger partial charge in [0.25, 0.3) is 0 Å². The highest BCUT2D eigenvalue weighted by atomic mass is 35.5. The topological polar surface area (TPSA) is 127 Å². The molecule has 1 fully saturated rings. The van der Waals surface area contributed by atoms with Crippen LogP contribution in [0.5, 0.6) is 17.2 Å². The Morgan fingerprint density at radius 3 is 2.73 bits per heavy atom. The van der Waals surface area contributed by atoms with E-state index in [2.05, 4.69) is 5.32 Å². The van der Waals surface area contributed by atoms with E-state index in [1.807, 2.05) is 0 Å². The molecule has 0 radical (unpaired) electrons. The number of ether oxygens (including phenoxy) is 2. The number of nitrogens with zero attached hydrogens (tertiary/aromatic N) is 1. The second-order valence-electron chi connectivity index (χ2n) is 6.59. The van der Waals surface area contributed by atoms with Gasteiger partial charge in [-0.15, -0.1) is 0 Å². The molecule has 0 aromatic heterocycles. The minimum atomic E-state index is -0.948. The van der Waals surface area contributed by atoms with E-state index in [0.29, 0.717) is 23.9 Å². The third-order valence-electron chi connectivity index (χ3n) is 4.09. The van der Waals surface area contributed by atoms with E-state index < -0.39 is 12.1 Å². The van der Waals surface area contributed by atoms with Crippen molar-refractivity contribution in [2.45, 2.75) is 12.2 Å². The number of aliphatic hydroxyl groups excluding tert-OH is 1. The van der Waals surface area contributed by atoms with E-state index in [4.69, 9.17) is 43.2 Å². The number of β-amino-alcohol motifs (C(OH)–C–C–N with tert-alkyl or cyclic N) is 1. The van der Waals surface area contributed by atoms with E-state index in [-0.39, 0.29) is 41.5 Å². The number of nitrogens with two attached hydrogens (primary N) is 1. The number of nitrogens with one attached hydrogen (secondary N) is 1. The van der Waals surface area contributed by atoms with Crippen LogP contribution in [0.25, 0.3) is 0 Å². The highest BCUT2D eigenvalue weighted by molar-refractivity contribution is 6.31. The highest BCUT2D eigenvalue weighted by Gasteiger charge is 2.27. The van der Waals surface area contributed by atoms with E-state index in [9.17, 15) is 15.0 Å². The Kier molecular flexibility index (Phi) is 7.46. The molecule has 0 aliphatic carbocycles. The number of aliphatic hydroxyl groups is 1. The first-order valence-corrected chi connectivity index (χ1v) is 9.75. The maximum Gasteiger partial charge on any atom is 0.316 e. The summed E-state index contributed by atoms with van der Waals surface area (Å²) < 4.78 is 11.3. The fourth-order valence-corrected chi connectivity index (χ4v) is 3.19. The number of aromatic hydroxyl groups is 1. The third-order valence-corrected chi connectivity index (χ3v) is 4.56. The number of carbonyl (C=O) groups excluding carboxylic acids is 1. The molecule has 5 N–H and O–H groups in total. The maximum atomic E-state index is 11.1. The van der Waals surface area contributed by atoms with Gasteiger partial charge in [-0.1, -0.05) is 23.2 Å². The molecular formula is C19H21Cl2N3O6. The van der Waals surface area contributed by atoms with Gasteiger partial charge in [-0.05, 0) is 30.3 Å². The minimum Gasteiger partial charge on any atom is -0.504 e. The molecule has 30 heavy (non-hydrogen) atoms. The number of urea groups is 1. The average molecular weight is 458 g/mol. The molecule has 3 rings (SSSR count). The lowest BCUT2D eigenvalue weighted by molar-refractivity contribution is -0.131. The van der Waals surface area contributed by atoms with Crippen molar-refractivity contribution in [2.75, 3.05) is 31.6 Å². The summed E-state index contributed by atoms with van der Waals surface area (Å²) in [5, 5.41) is 25.0. The summed E-state index contributed by atoms with van der Waals surface area (Å²) in [6, 6.07) is 8.78. The minimum absolute atomic E-state index is 0.0523. The fraction of sp³-hybridized carbons (Fsp3) is 0.316. The Bertz CT molecular complexity index is 883. The maximum absolute atomic E-state index is 11.1. The molecule has 162 valence electrons. The number of phenolic OH excluding ortho intramolecular Hbond substituents is 1. The summed E-state index contributed by atoms with van der Waals surface area (Å²) in [7, 11) is 0. The zero-order valence-electron chi connectivity index (χ0n) is 15.8. The zero-order chi connectivity index (χ0) is 21.7. The lowest BCUT2D eigenvalue weighted by Crippen LogP contribution is -2.34. The number of rotatable bonds is 8. The standard InChI is InChI=1S/C19H21Cl2N3O6/c20-11-1-3-14(4-2-11)30-15-8-24(29-10-15)7-13(25)9-28-18-16(23-19(22)27)5-12(21)6-17(18)26/h1-6,13,15,25-26H,7-10H2,(H3,22,23,27)/t13-,15+/m0/s1. The van der Waals surface area contributed by atoms with Gasteiger partial charge in [0.2, 0.25) is 0 Å². The Morgan fingerprint density at radius 1 is 1.30 bits per heavy atom. The molecule has 1 aliphatic heterocycles. The Balaban J connectivity index is 1.50. The number of phenols is 1. The number of benzene rings is 2. The Morgan fingerprint density at radius 2 is 2.03 bits per heavy atom. The van der Waals surface area contributed by atoms with Crippen LogP contribution in [0, 0.1) is 0 Å².